The fraction of sp³-hybridized carbons (Fsp3) is 0.0870. The average molecular weight is 423 g/mol. The third kappa shape index (κ3) is 5.68. The zero-order chi connectivity index (χ0) is 21.3. The fourth-order valence-corrected chi connectivity index (χ4v) is 2.75. The van der Waals surface area contributed by atoms with Crippen LogP contribution in [0.15, 0.2) is 77.9 Å². The molecule has 6 nitrogen and oxygen atoms in total. The Morgan fingerprint density at radius 3 is 2.53 bits per heavy atom. The molecule has 3 aromatic carbocycles. The third-order valence-corrected chi connectivity index (χ3v) is 4.20. The van der Waals surface area contributed by atoms with E-state index in [9.17, 15) is 9.59 Å². The van der Waals surface area contributed by atoms with Crippen LogP contribution in [-0.4, -0.2) is 24.7 Å². The van der Waals surface area contributed by atoms with Gasteiger partial charge >= 0.3 is 5.97 Å². The van der Waals surface area contributed by atoms with E-state index >= 15 is 0 Å². The molecular formula is C23H19ClN2O4. The van der Waals surface area contributed by atoms with E-state index in [2.05, 4.69) is 10.5 Å². The van der Waals surface area contributed by atoms with Crippen LogP contribution in [0.4, 0.5) is 0 Å². The molecule has 0 spiro atoms. The fourth-order valence-electron chi connectivity index (χ4n) is 2.56. The molecule has 0 unspecified atom stereocenters. The third-order valence-electron chi connectivity index (χ3n) is 3.96. The van der Waals surface area contributed by atoms with E-state index in [4.69, 9.17) is 21.1 Å². The number of benzene rings is 3. The van der Waals surface area contributed by atoms with Crippen LogP contribution >= 0.6 is 11.6 Å². The second-order valence-electron chi connectivity index (χ2n) is 6.10. The molecule has 0 fully saturated rings. The minimum atomic E-state index is -0.501. The van der Waals surface area contributed by atoms with Gasteiger partial charge in [-0.3, -0.25) is 4.79 Å². The van der Waals surface area contributed by atoms with E-state index in [-0.39, 0.29) is 5.91 Å². The molecule has 0 atom stereocenters. The van der Waals surface area contributed by atoms with Gasteiger partial charge in [-0.15, -0.1) is 0 Å². The van der Waals surface area contributed by atoms with Gasteiger partial charge in [-0.2, -0.15) is 5.10 Å². The molecule has 0 aliphatic carbocycles. The molecule has 1 N–H and O–H groups in total. The summed E-state index contributed by atoms with van der Waals surface area (Å²) in [6, 6.07) is 20.2. The SMILES string of the molecule is CCOc1ccccc1C(=O)NN=Cc1ccc(OC(=O)c2cccc(Cl)c2)cc1. The van der Waals surface area contributed by atoms with E-state index in [1.165, 1.54) is 12.3 Å². The van der Waals surface area contributed by atoms with Crippen molar-refractivity contribution in [3.8, 4) is 11.5 Å². The van der Waals surface area contributed by atoms with E-state index in [1.807, 2.05) is 6.92 Å². The normalized spacial score (nSPS) is 10.6. The Hall–Kier alpha value is -3.64. The molecular weight excluding hydrogens is 404 g/mol. The molecule has 0 aliphatic heterocycles. The number of nitrogens with zero attached hydrogens (tertiary/aromatic N) is 1. The highest BCUT2D eigenvalue weighted by Crippen LogP contribution is 2.18. The molecule has 0 saturated carbocycles. The zero-order valence-corrected chi connectivity index (χ0v) is 16.9. The molecule has 30 heavy (non-hydrogen) atoms. The van der Waals surface area contributed by atoms with Gasteiger partial charge in [-0.25, -0.2) is 10.2 Å². The van der Waals surface area contributed by atoms with Crippen molar-refractivity contribution in [2.75, 3.05) is 6.61 Å². The number of amides is 1. The lowest BCUT2D eigenvalue weighted by Crippen LogP contribution is -2.18. The van der Waals surface area contributed by atoms with Crippen LogP contribution in [0.2, 0.25) is 5.02 Å². The second kappa shape index (κ2) is 10.2. The van der Waals surface area contributed by atoms with Gasteiger partial charge in [0.05, 0.1) is 23.9 Å². The van der Waals surface area contributed by atoms with Crippen molar-refractivity contribution in [2.45, 2.75) is 6.92 Å². The van der Waals surface area contributed by atoms with Crippen LogP contribution in [0.3, 0.4) is 0 Å². The topological polar surface area (TPSA) is 77.0 Å². The van der Waals surface area contributed by atoms with Crippen LogP contribution in [0.5, 0.6) is 11.5 Å². The summed E-state index contributed by atoms with van der Waals surface area (Å²) in [5.41, 5.74) is 3.96. The first-order chi connectivity index (χ1) is 14.6. The number of carbonyl (C=O) groups is 2. The molecule has 3 rings (SSSR count). The van der Waals surface area contributed by atoms with Gasteiger partial charge in [0.15, 0.2) is 0 Å². The zero-order valence-electron chi connectivity index (χ0n) is 16.2. The summed E-state index contributed by atoms with van der Waals surface area (Å²) < 4.78 is 10.8. The molecule has 0 heterocycles. The highest BCUT2D eigenvalue weighted by molar-refractivity contribution is 6.30. The maximum absolute atomic E-state index is 12.3. The highest BCUT2D eigenvalue weighted by Gasteiger charge is 2.11. The van der Waals surface area contributed by atoms with Crippen molar-refractivity contribution in [3.63, 3.8) is 0 Å². The van der Waals surface area contributed by atoms with E-state index in [0.29, 0.717) is 34.3 Å². The number of rotatable bonds is 7. The largest absolute Gasteiger partial charge is 0.493 e. The Labute approximate surface area is 179 Å². The van der Waals surface area contributed by atoms with Crippen LogP contribution < -0.4 is 14.9 Å². The van der Waals surface area contributed by atoms with Gasteiger partial charge in [0, 0.05) is 5.02 Å². The Morgan fingerprint density at radius 1 is 1.03 bits per heavy atom. The predicted octanol–water partition coefficient (Wildman–Crippen LogP) is 4.72. The van der Waals surface area contributed by atoms with Gasteiger partial charge in [-0.05, 0) is 67.1 Å². The number of hydrogen-bond acceptors (Lipinski definition) is 5. The van der Waals surface area contributed by atoms with Gasteiger partial charge in [0.2, 0.25) is 0 Å². The molecule has 152 valence electrons. The molecule has 7 heteroatoms. The van der Waals surface area contributed by atoms with Gasteiger partial charge < -0.3 is 9.47 Å². The summed E-state index contributed by atoms with van der Waals surface area (Å²) in [7, 11) is 0. The molecule has 0 aromatic heterocycles. The van der Waals surface area contributed by atoms with Crippen LogP contribution in [0, 0.1) is 0 Å². The number of esters is 1. The summed E-state index contributed by atoms with van der Waals surface area (Å²) in [6.07, 6.45) is 1.49. The lowest BCUT2D eigenvalue weighted by molar-refractivity contribution is 0.0734. The van der Waals surface area contributed by atoms with Gasteiger partial charge in [0.25, 0.3) is 5.91 Å². The molecule has 3 aromatic rings. The van der Waals surface area contributed by atoms with Crippen molar-refractivity contribution in [2.24, 2.45) is 5.10 Å². The van der Waals surface area contributed by atoms with E-state index in [0.717, 1.165) is 5.56 Å². The number of hydrazone groups is 1. The van der Waals surface area contributed by atoms with Gasteiger partial charge in [-0.1, -0.05) is 29.8 Å². The Balaban J connectivity index is 1.58. The number of carbonyl (C=O) groups excluding carboxylic acids is 2. The summed E-state index contributed by atoms with van der Waals surface area (Å²) in [4.78, 5) is 24.4. The summed E-state index contributed by atoms with van der Waals surface area (Å²) in [5.74, 6) is 0.00638. The predicted molar refractivity (Wildman–Crippen MR) is 116 cm³/mol. The summed E-state index contributed by atoms with van der Waals surface area (Å²) in [5, 5.41) is 4.42. The first-order valence-electron chi connectivity index (χ1n) is 9.20. The smallest absolute Gasteiger partial charge is 0.343 e. The van der Waals surface area contributed by atoms with Crippen LogP contribution in [0.1, 0.15) is 33.2 Å². The molecule has 0 saturated heterocycles. The maximum atomic E-state index is 12.3. The van der Waals surface area contributed by atoms with Crippen molar-refractivity contribution >= 4 is 29.7 Å². The van der Waals surface area contributed by atoms with Crippen molar-refractivity contribution < 1.29 is 19.1 Å². The Kier molecular flexibility index (Phi) is 7.19. The summed E-state index contributed by atoms with van der Waals surface area (Å²) in [6.45, 7) is 2.31. The lowest BCUT2D eigenvalue weighted by atomic mass is 10.2. The minimum Gasteiger partial charge on any atom is -0.493 e. The first kappa shape index (κ1) is 21.1. The standard InChI is InChI=1S/C23H19ClN2O4/c1-2-29-21-9-4-3-8-20(21)22(27)26-25-15-16-10-12-19(13-11-16)30-23(28)17-6-5-7-18(24)14-17/h3-15H,2H2,1H3,(H,26,27). The average Bonchev–Trinajstić information content (AvgIpc) is 2.75. The van der Waals surface area contributed by atoms with Crippen LogP contribution in [-0.2, 0) is 0 Å². The monoisotopic (exact) mass is 422 g/mol. The number of nitrogens with one attached hydrogen (secondary N) is 1. The van der Waals surface area contributed by atoms with Crippen molar-refractivity contribution in [3.05, 3.63) is 94.5 Å². The van der Waals surface area contributed by atoms with E-state index in [1.54, 1.807) is 66.7 Å². The Morgan fingerprint density at radius 2 is 1.80 bits per heavy atom. The van der Waals surface area contributed by atoms with Crippen molar-refractivity contribution in [1.29, 1.82) is 0 Å². The maximum Gasteiger partial charge on any atom is 0.343 e. The quantitative estimate of drug-likeness (QED) is 0.258. The van der Waals surface area contributed by atoms with Crippen LogP contribution in [0.25, 0.3) is 0 Å². The lowest BCUT2D eigenvalue weighted by Gasteiger charge is -2.08. The van der Waals surface area contributed by atoms with Crippen molar-refractivity contribution in [1.82, 2.24) is 5.43 Å². The highest BCUT2D eigenvalue weighted by atomic mass is 35.5. The minimum absolute atomic E-state index is 0.364. The number of para-hydroxylation sites is 1. The number of hydrogen-bond donors (Lipinski definition) is 1. The molecule has 0 bridgehead atoms. The van der Waals surface area contributed by atoms with E-state index < -0.39 is 5.97 Å². The molecule has 0 radical (unpaired) electrons. The first-order valence-corrected chi connectivity index (χ1v) is 9.57. The second-order valence-corrected chi connectivity index (χ2v) is 6.53. The number of ether oxygens (including phenoxy) is 2. The molecule has 1 amide bonds. The van der Waals surface area contributed by atoms with Gasteiger partial charge in [0.1, 0.15) is 11.5 Å². The summed E-state index contributed by atoms with van der Waals surface area (Å²) >= 11 is 5.89. The molecule has 0 aliphatic rings. The Bertz CT molecular complexity index is 1060. The number of halogens is 1.